The van der Waals surface area contributed by atoms with Crippen LogP contribution in [0.2, 0.25) is 11.8 Å². The summed E-state index contributed by atoms with van der Waals surface area (Å²) in [6, 6.07) is 8.17. The predicted molar refractivity (Wildman–Crippen MR) is 92.0 cm³/mol. The van der Waals surface area contributed by atoms with Gasteiger partial charge in [0.25, 0.3) is 10.0 Å². The van der Waals surface area contributed by atoms with E-state index in [0.29, 0.717) is 15.9 Å². The lowest BCUT2D eigenvalue weighted by Gasteiger charge is -2.07. The number of nitrogens with zero attached hydrogens (tertiary/aromatic N) is 2. The molecule has 0 saturated carbocycles. The second-order valence-electron chi connectivity index (χ2n) is 5.40. The van der Waals surface area contributed by atoms with Gasteiger partial charge >= 0.3 is 6.92 Å². The summed E-state index contributed by atoms with van der Waals surface area (Å²) in [6.07, 6.45) is 2.78. The third kappa shape index (κ3) is 2.76. The summed E-state index contributed by atoms with van der Waals surface area (Å²) < 4.78 is 26.9. The van der Waals surface area contributed by atoms with Crippen LogP contribution in [0, 0.1) is 6.92 Å². The highest BCUT2D eigenvalue weighted by molar-refractivity contribution is 7.90. The fourth-order valence-electron chi connectivity index (χ4n) is 2.42. The zero-order valence-electron chi connectivity index (χ0n) is 12.6. The number of rotatable bonds is 3. The summed E-state index contributed by atoms with van der Waals surface area (Å²) in [4.78, 5) is 4.29. The maximum Gasteiger partial charge on any atom is 0.322 e. The van der Waals surface area contributed by atoms with E-state index in [0.717, 1.165) is 9.54 Å². The minimum Gasteiger partial charge on any atom is -0.446 e. The molecule has 0 spiro atoms. The summed E-state index contributed by atoms with van der Waals surface area (Å²) >= 11 is 5.95. The molecule has 2 heterocycles. The molecule has 1 aromatic carbocycles. The average Bonchev–Trinajstić information content (AvgIpc) is 2.87. The van der Waals surface area contributed by atoms with E-state index in [2.05, 4.69) is 4.98 Å². The van der Waals surface area contributed by atoms with Crippen molar-refractivity contribution in [2.75, 3.05) is 0 Å². The van der Waals surface area contributed by atoms with Gasteiger partial charge in [0.05, 0.1) is 9.92 Å². The summed E-state index contributed by atoms with van der Waals surface area (Å²) in [6.45, 7) is 2.61. The molecule has 0 aliphatic heterocycles. The molecular weight excluding hydrogens is 335 g/mol. The number of hydrogen-bond acceptors (Lipinski definition) is 4. The van der Waals surface area contributed by atoms with E-state index in [-0.39, 0.29) is 10.5 Å². The molecule has 0 bridgehead atoms. The number of benzene rings is 1. The molecule has 0 saturated heterocycles. The SMILES string of the molecule is CB(O)c1cn(S(=O)(=O)c2ccc(C)cc2)c2ncc(Cl)cc12. The molecule has 0 radical (unpaired) electrons. The normalized spacial score (nSPS) is 11.8. The van der Waals surface area contributed by atoms with Crippen molar-refractivity contribution in [1.29, 1.82) is 0 Å². The highest BCUT2D eigenvalue weighted by Gasteiger charge is 2.24. The van der Waals surface area contributed by atoms with Crippen LogP contribution in [0.1, 0.15) is 5.56 Å². The molecule has 3 rings (SSSR count). The first-order valence-corrected chi connectivity index (χ1v) is 8.79. The standard InChI is InChI=1S/C15H14BClN2O3S/c1-10-3-5-12(6-4-10)23(21,22)19-9-14(16(2)20)13-7-11(17)8-18-15(13)19/h3-9,20H,1-2H3. The quantitative estimate of drug-likeness (QED) is 0.735. The molecule has 5 nitrogen and oxygen atoms in total. The molecule has 0 aliphatic rings. The molecule has 0 unspecified atom stereocenters. The Hall–Kier alpha value is -1.83. The van der Waals surface area contributed by atoms with Crippen LogP contribution < -0.4 is 5.46 Å². The van der Waals surface area contributed by atoms with Crippen LogP contribution in [0.3, 0.4) is 0 Å². The minimum atomic E-state index is -3.81. The van der Waals surface area contributed by atoms with E-state index in [1.54, 1.807) is 37.2 Å². The number of pyridine rings is 1. The van der Waals surface area contributed by atoms with Gasteiger partial charge < -0.3 is 5.02 Å². The first-order valence-electron chi connectivity index (χ1n) is 6.97. The van der Waals surface area contributed by atoms with Gasteiger partial charge in [-0.1, -0.05) is 36.1 Å². The topological polar surface area (TPSA) is 72.2 Å². The fraction of sp³-hybridized carbons (Fsp3) is 0.133. The Labute approximate surface area is 139 Å². The van der Waals surface area contributed by atoms with Crippen molar-refractivity contribution >= 4 is 45.0 Å². The van der Waals surface area contributed by atoms with E-state index in [1.807, 2.05) is 6.92 Å². The number of aryl methyl sites for hydroxylation is 1. The summed E-state index contributed by atoms with van der Waals surface area (Å²) in [5.74, 6) is 0. The average molecular weight is 349 g/mol. The van der Waals surface area contributed by atoms with Crippen molar-refractivity contribution in [2.24, 2.45) is 0 Å². The Morgan fingerprint density at radius 2 is 1.91 bits per heavy atom. The minimum absolute atomic E-state index is 0.161. The smallest absolute Gasteiger partial charge is 0.322 e. The predicted octanol–water partition coefficient (Wildman–Crippen LogP) is 2.06. The van der Waals surface area contributed by atoms with E-state index in [9.17, 15) is 13.4 Å². The van der Waals surface area contributed by atoms with Gasteiger partial charge in [-0.05, 0) is 30.6 Å². The van der Waals surface area contributed by atoms with Crippen molar-refractivity contribution in [2.45, 2.75) is 18.6 Å². The zero-order chi connectivity index (χ0) is 16.8. The van der Waals surface area contributed by atoms with Crippen LogP contribution in [0.4, 0.5) is 0 Å². The van der Waals surface area contributed by atoms with Crippen LogP contribution in [0.25, 0.3) is 11.0 Å². The molecule has 118 valence electrons. The van der Waals surface area contributed by atoms with Gasteiger partial charge in [-0.2, -0.15) is 0 Å². The third-order valence-corrected chi connectivity index (χ3v) is 5.51. The molecule has 8 heteroatoms. The van der Waals surface area contributed by atoms with Gasteiger partial charge in [-0.25, -0.2) is 17.4 Å². The van der Waals surface area contributed by atoms with Crippen LogP contribution in [-0.4, -0.2) is 29.3 Å². The van der Waals surface area contributed by atoms with Gasteiger partial charge in [0.15, 0.2) is 5.65 Å². The largest absolute Gasteiger partial charge is 0.446 e. The van der Waals surface area contributed by atoms with Gasteiger partial charge in [0.1, 0.15) is 0 Å². The Bertz CT molecular complexity index is 982. The highest BCUT2D eigenvalue weighted by atomic mass is 35.5. The monoisotopic (exact) mass is 348 g/mol. The van der Waals surface area contributed by atoms with Crippen LogP contribution >= 0.6 is 11.6 Å². The van der Waals surface area contributed by atoms with Crippen molar-refractivity contribution in [3.05, 3.63) is 53.3 Å². The second-order valence-corrected chi connectivity index (χ2v) is 7.65. The molecular formula is C15H14BClN2O3S. The molecule has 0 atom stereocenters. The molecule has 2 aromatic heterocycles. The summed E-state index contributed by atoms with van der Waals surface area (Å²) in [7, 11) is -3.81. The van der Waals surface area contributed by atoms with Gasteiger partial charge in [-0.15, -0.1) is 0 Å². The summed E-state index contributed by atoms with van der Waals surface area (Å²) in [5, 5.41) is 10.8. The Kier molecular flexibility index (Phi) is 3.95. The Morgan fingerprint density at radius 3 is 2.52 bits per heavy atom. The molecule has 1 N–H and O–H groups in total. The van der Waals surface area contributed by atoms with Crippen molar-refractivity contribution in [3.63, 3.8) is 0 Å². The van der Waals surface area contributed by atoms with E-state index in [1.165, 1.54) is 12.4 Å². The van der Waals surface area contributed by atoms with E-state index < -0.39 is 16.9 Å². The fourth-order valence-corrected chi connectivity index (χ4v) is 3.91. The molecule has 0 fully saturated rings. The molecule has 0 aliphatic carbocycles. The lowest BCUT2D eigenvalue weighted by Crippen LogP contribution is -2.25. The number of hydrogen-bond donors (Lipinski definition) is 1. The molecule has 3 aromatic rings. The number of aromatic nitrogens is 2. The lowest BCUT2D eigenvalue weighted by atomic mass is 9.64. The van der Waals surface area contributed by atoms with Gasteiger partial charge in [-0.3, -0.25) is 0 Å². The van der Waals surface area contributed by atoms with Crippen molar-refractivity contribution < 1.29 is 13.4 Å². The van der Waals surface area contributed by atoms with E-state index >= 15 is 0 Å². The highest BCUT2D eigenvalue weighted by Crippen LogP contribution is 2.22. The van der Waals surface area contributed by atoms with Gasteiger partial charge in [0.2, 0.25) is 0 Å². The molecule has 23 heavy (non-hydrogen) atoms. The summed E-state index contributed by atoms with van der Waals surface area (Å²) in [5.41, 5.74) is 1.67. The Morgan fingerprint density at radius 1 is 1.26 bits per heavy atom. The van der Waals surface area contributed by atoms with Gasteiger partial charge in [0, 0.05) is 17.8 Å². The zero-order valence-corrected chi connectivity index (χ0v) is 14.1. The van der Waals surface area contributed by atoms with Crippen molar-refractivity contribution in [1.82, 2.24) is 8.96 Å². The number of halogens is 1. The third-order valence-electron chi connectivity index (χ3n) is 3.64. The van der Waals surface area contributed by atoms with Crippen LogP contribution in [0.5, 0.6) is 0 Å². The van der Waals surface area contributed by atoms with E-state index in [4.69, 9.17) is 11.6 Å². The maximum absolute atomic E-state index is 12.9. The Balaban J connectivity index is 2.29. The molecule has 0 amide bonds. The second kappa shape index (κ2) is 5.67. The van der Waals surface area contributed by atoms with Crippen LogP contribution in [-0.2, 0) is 10.0 Å². The van der Waals surface area contributed by atoms with Crippen molar-refractivity contribution in [3.8, 4) is 0 Å². The van der Waals surface area contributed by atoms with Crippen LogP contribution in [0.15, 0.2) is 47.6 Å². The maximum atomic E-state index is 12.9. The lowest BCUT2D eigenvalue weighted by molar-refractivity contribution is 0.588. The first-order chi connectivity index (χ1) is 10.8. The first kappa shape index (κ1) is 16.0. The number of fused-ring (bicyclic) bond motifs is 1.